The van der Waals surface area contributed by atoms with E-state index < -0.39 is 0 Å². The Balaban J connectivity index is 2.19. The molecule has 3 heteroatoms. The van der Waals surface area contributed by atoms with Gasteiger partial charge in [-0.15, -0.1) is 11.3 Å². The summed E-state index contributed by atoms with van der Waals surface area (Å²) in [7, 11) is 0. The fourth-order valence-electron chi connectivity index (χ4n) is 1.01. The van der Waals surface area contributed by atoms with Crippen molar-refractivity contribution in [1.82, 2.24) is 0 Å². The van der Waals surface area contributed by atoms with Gasteiger partial charge in [-0.2, -0.15) is 0 Å². The zero-order valence-corrected chi connectivity index (χ0v) is 9.16. The van der Waals surface area contributed by atoms with Crippen molar-refractivity contribution in [1.29, 1.82) is 0 Å². The van der Waals surface area contributed by atoms with Crippen LogP contribution in [0.2, 0.25) is 0 Å². The number of carbonyl (C=O) groups is 1. The van der Waals surface area contributed by atoms with E-state index in [0.717, 1.165) is 30.0 Å². The highest BCUT2D eigenvalue weighted by Gasteiger charge is 1.96. The van der Waals surface area contributed by atoms with E-state index in [9.17, 15) is 4.79 Å². The van der Waals surface area contributed by atoms with E-state index in [4.69, 9.17) is 0 Å². The van der Waals surface area contributed by atoms with Gasteiger partial charge < -0.3 is 4.79 Å². The molecular weight excluding hydrogens is 236 g/mol. The number of halogens is 1. The maximum absolute atomic E-state index is 10.0. The molecule has 0 aliphatic rings. The molecule has 0 N–H and O–H groups in total. The van der Waals surface area contributed by atoms with Gasteiger partial charge in [0.25, 0.3) is 0 Å². The van der Waals surface area contributed by atoms with Gasteiger partial charge in [0.15, 0.2) is 0 Å². The average Bonchev–Trinajstić information content (AvgIpc) is 2.45. The lowest BCUT2D eigenvalue weighted by Gasteiger charge is -1.93. The maximum Gasteiger partial charge on any atom is 0.119 e. The third-order valence-corrected chi connectivity index (χ3v) is 3.37. The van der Waals surface area contributed by atoms with Crippen molar-refractivity contribution < 1.29 is 4.79 Å². The Bertz CT molecular complexity index is 244. The number of hydrogen-bond donors (Lipinski definition) is 0. The van der Waals surface area contributed by atoms with Crippen LogP contribution < -0.4 is 0 Å². The molecule has 0 saturated carbocycles. The van der Waals surface area contributed by atoms with Crippen molar-refractivity contribution in [2.24, 2.45) is 0 Å². The molecule has 0 aliphatic heterocycles. The predicted molar refractivity (Wildman–Crippen MR) is 55.6 cm³/mol. The predicted octanol–water partition coefficient (Wildman–Crippen LogP) is 3.42. The Morgan fingerprint density at radius 3 is 2.92 bits per heavy atom. The first-order chi connectivity index (χ1) is 5.83. The monoisotopic (exact) mass is 246 g/mol. The largest absolute Gasteiger partial charge is 0.303 e. The third kappa shape index (κ3) is 3.50. The van der Waals surface area contributed by atoms with Gasteiger partial charge in [-0.25, -0.2) is 0 Å². The zero-order chi connectivity index (χ0) is 8.81. The number of unbranched alkanes of at least 4 members (excludes halogenated alkanes) is 2. The molecule has 12 heavy (non-hydrogen) atoms. The Morgan fingerprint density at radius 2 is 2.33 bits per heavy atom. The first-order valence-electron chi connectivity index (χ1n) is 3.99. The summed E-state index contributed by atoms with van der Waals surface area (Å²) in [4.78, 5) is 11.4. The van der Waals surface area contributed by atoms with Crippen LogP contribution in [0.25, 0.3) is 0 Å². The molecule has 0 radical (unpaired) electrons. The van der Waals surface area contributed by atoms with Crippen LogP contribution in [0.4, 0.5) is 0 Å². The van der Waals surface area contributed by atoms with E-state index in [2.05, 4.69) is 27.4 Å². The zero-order valence-electron chi connectivity index (χ0n) is 6.75. The minimum atomic E-state index is 0.701. The Morgan fingerprint density at radius 1 is 1.50 bits per heavy atom. The average molecular weight is 247 g/mol. The second-order valence-corrected chi connectivity index (χ2v) is 4.56. The van der Waals surface area contributed by atoms with E-state index in [1.165, 1.54) is 4.88 Å². The molecule has 0 saturated heterocycles. The molecule has 0 fully saturated rings. The second-order valence-electron chi connectivity index (χ2n) is 2.64. The van der Waals surface area contributed by atoms with E-state index in [-0.39, 0.29) is 0 Å². The number of hydrogen-bond acceptors (Lipinski definition) is 2. The summed E-state index contributed by atoms with van der Waals surface area (Å²) in [5.41, 5.74) is 0. The summed E-state index contributed by atoms with van der Waals surface area (Å²) >= 11 is 5.18. The van der Waals surface area contributed by atoms with E-state index in [0.29, 0.717) is 6.42 Å². The lowest BCUT2D eigenvalue weighted by molar-refractivity contribution is -0.107. The summed E-state index contributed by atoms with van der Waals surface area (Å²) in [6.45, 7) is 0. The van der Waals surface area contributed by atoms with Crippen molar-refractivity contribution in [2.45, 2.75) is 25.7 Å². The van der Waals surface area contributed by atoms with Gasteiger partial charge in [0.2, 0.25) is 0 Å². The molecule has 0 unspecified atom stereocenters. The van der Waals surface area contributed by atoms with E-state index in [1.54, 1.807) is 11.3 Å². The summed E-state index contributed by atoms with van der Waals surface area (Å²) < 4.78 is 1.16. The highest BCUT2D eigenvalue weighted by atomic mass is 79.9. The van der Waals surface area contributed by atoms with Crippen LogP contribution in [0, 0.1) is 0 Å². The summed E-state index contributed by atoms with van der Waals surface area (Å²) in [6.07, 6.45) is 4.92. The number of carbonyl (C=O) groups excluding carboxylic acids is 1. The minimum absolute atomic E-state index is 0.701. The maximum atomic E-state index is 10.0. The SMILES string of the molecule is O=CCCCCc1cc(Br)cs1. The fraction of sp³-hybridized carbons (Fsp3) is 0.444. The van der Waals surface area contributed by atoms with E-state index in [1.807, 2.05) is 0 Å². The second kappa shape index (κ2) is 5.49. The number of thiophene rings is 1. The minimum Gasteiger partial charge on any atom is -0.303 e. The van der Waals surface area contributed by atoms with Gasteiger partial charge in [-0.05, 0) is 41.3 Å². The molecule has 1 heterocycles. The van der Waals surface area contributed by atoms with Crippen molar-refractivity contribution >= 4 is 33.6 Å². The van der Waals surface area contributed by atoms with Gasteiger partial charge >= 0.3 is 0 Å². The van der Waals surface area contributed by atoms with Crippen molar-refractivity contribution in [3.05, 3.63) is 20.8 Å². The van der Waals surface area contributed by atoms with Gasteiger partial charge in [0.05, 0.1) is 0 Å². The Labute approximate surface area is 84.9 Å². The molecule has 0 aliphatic carbocycles. The Hall–Kier alpha value is -0.150. The van der Waals surface area contributed by atoms with Crippen LogP contribution in [0.3, 0.4) is 0 Å². The fourth-order valence-corrected chi connectivity index (χ4v) is 2.51. The smallest absolute Gasteiger partial charge is 0.119 e. The number of aryl methyl sites for hydroxylation is 1. The van der Waals surface area contributed by atoms with Crippen LogP contribution in [0.5, 0.6) is 0 Å². The van der Waals surface area contributed by atoms with Crippen molar-refractivity contribution in [3.8, 4) is 0 Å². The lowest BCUT2D eigenvalue weighted by atomic mass is 10.2. The van der Waals surface area contributed by atoms with Crippen LogP contribution in [0.1, 0.15) is 24.1 Å². The topological polar surface area (TPSA) is 17.1 Å². The van der Waals surface area contributed by atoms with Gasteiger partial charge in [0.1, 0.15) is 6.29 Å². The molecule has 0 amide bonds. The Kier molecular flexibility index (Phi) is 4.54. The lowest BCUT2D eigenvalue weighted by Crippen LogP contribution is -1.81. The van der Waals surface area contributed by atoms with Crippen LogP contribution in [-0.2, 0) is 11.2 Å². The molecule has 0 aromatic carbocycles. The molecule has 0 bridgehead atoms. The van der Waals surface area contributed by atoms with Gasteiger partial charge in [0, 0.05) is 21.2 Å². The van der Waals surface area contributed by atoms with Crippen LogP contribution in [0.15, 0.2) is 15.9 Å². The molecule has 1 rings (SSSR count). The summed E-state index contributed by atoms with van der Waals surface area (Å²) in [5.74, 6) is 0. The first-order valence-corrected chi connectivity index (χ1v) is 5.66. The molecule has 0 spiro atoms. The highest BCUT2D eigenvalue weighted by molar-refractivity contribution is 9.10. The summed E-state index contributed by atoms with van der Waals surface area (Å²) in [6, 6.07) is 2.14. The van der Waals surface area contributed by atoms with Gasteiger partial charge in [-0.3, -0.25) is 0 Å². The standard InChI is InChI=1S/C9H11BrOS/c10-8-6-9(12-7-8)4-2-1-3-5-11/h5-7H,1-4H2. The molecule has 1 nitrogen and oxygen atoms in total. The number of rotatable bonds is 5. The molecule has 1 aromatic heterocycles. The van der Waals surface area contributed by atoms with E-state index >= 15 is 0 Å². The third-order valence-electron chi connectivity index (χ3n) is 1.62. The molecule has 1 aromatic rings. The molecule has 66 valence electrons. The van der Waals surface area contributed by atoms with Crippen LogP contribution >= 0.6 is 27.3 Å². The summed E-state index contributed by atoms with van der Waals surface area (Å²) in [5, 5.41) is 2.09. The quantitative estimate of drug-likeness (QED) is 0.575. The van der Waals surface area contributed by atoms with Crippen molar-refractivity contribution in [3.63, 3.8) is 0 Å². The molecular formula is C9H11BrOS. The molecule has 0 atom stereocenters. The number of aldehydes is 1. The van der Waals surface area contributed by atoms with Crippen LogP contribution in [-0.4, -0.2) is 6.29 Å². The van der Waals surface area contributed by atoms with Crippen molar-refractivity contribution in [2.75, 3.05) is 0 Å². The first kappa shape index (κ1) is 9.93. The van der Waals surface area contributed by atoms with Gasteiger partial charge in [-0.1, -0.05) is 0 Å². The highest BCUT2D eigenvalue weighted by Crippen LogP contribution is 2.21. The normalized spacial score (nSPS) is 10.1.